The average molecular weight is 430 g/mol. The summed E-state index contributed by atoms with van der Waals surface area (Å²) in [5, 5.41) is 9.18. The summed E-state index contributed by atoms with van der Waals surface area (Å²) in [6.07, 6.45) is 5.88. The van der Waals surface area contributed by atoms with Gasteiger partial charge in [-0.3, -0.25) is 9.59 Å². The molecule has 2 aliphatic rings. The molecule has 3 heterocycles. The van der Waals surface area contributed by atoms with Crippen molar-refractivity contribution in [2.24, 2.45) is 5.92 Å². The van der Waals surface area contributed by atoms with Crippen molar-refractivity contribution in [3.63, 3.8) is 0 Å². The lowest BCUT2D eigenvalue weighted by Gasteiger charge is -2.31. The van der Waals surface area contributed by atoms with Gasteiger partial charge in [0.25, 0.3) is 0 Å². The number of likely N-dealkylation sites (tertiary alicyclic amines) is 1. The molecule has 0 aromatic carbocycles. The van der Waals surface area contributed by atoms with Crippen LogP contribution in [0, 0.1) is 5.92 Å². The van der Waals surface area contributed by atoms with Crippen LogP contribution in [0.1, 0.15) is 30.7 Å². The highest BCUT2D eigenvalue weighted by Gasteiger charge is 2.28. The Hall–Kier alpha value is -2.52. The van der Waals surface area contributed by atoms with Crippen molar-refractivity contribution in [1.29, 1.82) is 0 Å². The number of amides is 2. The molecule has 2 aromatic rings. The van der Waals surface area contributed by atoms with Gasteiger partial charge in [0.1, 0.15) is 17.4 Å². The van der Waals surface area contributed by atoms with E-state index in [2.05, 4.69) is 20.6 Å². The van der Waals surface area contributed by atoms with E-state index in [1.165, 1.54) is 31.3 Å². The second kappa shape index (κ2) is 9.53. The number of carbonyl (C=O) groups is 2. The van der Waals surface area contributed by atoms with Crippen LogP contribution in [0.25, 0.3) is 11.3 Å². The number of pyridine rings is 1. The summed E-state index contributed by atoms with van der Waals surface area (Å²) < 4.78 is 4.92. The fraction of sp³-hybridized carbons (Fsp3) is 0.524. The molecule has 2 amide bonds. The normalized spacial score (nSPS) is 18.8. The summed E-state index contributed by atoms with van der Waals surface area (Å²) in [4.78, 5) is 35.4. The monoisotopic (exact) mass is 429 g/mol. The molecule has 9 heteroatoms. The van der Waals surface area contributed by atoms with Gasteiger partial charge in [-0.15, -0.1) is 11.3 Å². The Labute approximate surface area is 180 Å². The summed E-state index contributed by atoms with van der Waals surface area (Å²) in [6.45, 7) is 1.58. The van der Waals surface area contributed by atoms with Crippen LogP contribution in [0.3, 0.4) is 0 Å². The van der Waals surface area contributed by atoms with Crippen LogP contribution < -0.4 is 10.6 Å². The third kappa shape index (κ3) is 5.34. The van der Waals surface area contributed by atoms with Crippen molar-refractivity contribution in [3.05, 3.63) is 28.7 Å². The lowest BCUT2D eigenvalue weighted by atomic mass is 9.97. The Morgan fingerprint density at radius 2 is 2.17 bits per heavy atom. The number of thiazole rings is 1. The highest BCUT2D eigenvalue weighted by molar-refractivity contribution is 7.09. The average Bonchev–Trinajstić information content (AvgIpc) is 3.46. The SMILES string of the molecule is COCC(=O)N1CCC[C@H](C(=O)NCc2nc(-c3ccc(NC4CC4)nc3)cs2)C1. The lowest BCUT2D eigenvalue weighted by Crippen LogP contribution is -2.46. The third-order valence-corrected chi connectivity index (χ3v) is 6.22. The molecule has 0 radical (unpaired) electrons. The number of ether oxygens (including phenoxy) is 1. The first-order valence-corrected chi connectivity index (χ1v) is 11.2. The van der Waals surface area contributed by atoms with Gasteiger partial charge in [0.05, 0.1) is 18.2 Å². The second-order valence-electron chi connectivity index (χ2n) is 7.81. The van der Waals surface area contributed by atoms with Crippen LogP contribution >= 0.6 is 11.3 Å². The molecule has 1 aliphatic heterocycles. The maximum atomic E-state index is 12.6. The van der Waals surface area contributed by atoms with E-state index in [9.17, 15) is 9.59 Å². The predicted molar refractivity (Wildman–Crippen MR) is 115 cm³/mol. The topological polar surface area (TPSA) is 96.5 Å². The van der Waals surface area contributed by atoms with Crippen molar-refractivity contribution >= 4 is 29.0 Å². The second-order valence-corrected chi connectivity index (χ2v) is 8.75. The zero-order valence-electron chi connectivity index (χ0n) is 17.1. The van der Waals surface area contributed by atoms with Gasteiger partial charge < -0.3 is 20.3 Å². The van der Waals surface area contributed by atoms with Crippen LogP contribution in [0.4, 0.5) is 5.82 Å². The molecule has 2 fully saturated rings. The fourth-order valence-corrected chi connectivity index (χ4v) is 4.27. The summed E-state index contributed by atoms with van der Waals surface area (Å²) in [5.74, 6) is 0.620. The maximum absolute atomic E-state index is 12.6. The molecule has 1 aliphatic carbocycles. The van der Waals surface area contributed by atoms with Gasteiger partial charge >= 0.3 is 0 Å². The number of aromatic nitrogens is 2. The molecule has 1 saturated carbocycles. The minimum Gasteiger partial charge on any atom is -0.375 e. The quantitative estimate of drug-likeness (QED) is 0.668. The Kier molecular flexibility index (Phi) is 6.59. The Balaban J connectivity index is 1.28. The van der Waals surface area contributed by atoms with Crippen molar-refractivity contribution in [2.75, 3.05) is 32.1 Å². The molecule has 30 heavy (non-hydrogen) atoms. The molecule has 8 nitrogen and oxygen atoms in total. The lowest BCUT2D eigenvalue weighted by molar-refractivity contribution is -0.139. The van der Waals surface area contributed by atoms with Crippen LogP contribution in [0.2, 0.25) is 0 Å². The van der Waals surface area contributed by atoms with E-state index >= 15 is 0 Å². The Bertz CT molecular complexity index is 881. The van der Waals surface area contributed by atoms with Crippen molar-refractivity contribution in [2.45, 2.75) is 38.3 Å². The molecule has 0 unspecified atom stereocenters. The molecule has 4 rings (SSSR count). The Morgan fingerprint density at radius 3 is 2.90 bits per heavy atom. The Morgan fingerprint density at radius 1 is 1.30 bits per heavy atom. The first kappa shape index (κ1) is 20.7. The maximum Gasteiger partial charge on any atom is 0.248 e. The van der Waals surface area contributed by atoms with Crippen molar-refractivity contribution in [3.8, 4) is 11.3 Å². The van der Waals surface area contributed by atoms with Gasteiger partial charge in [0.2, 0.25) is 11.8 Å². The largest absolute Gasteiger partial charge is 0.375 e. The first-order chi connectivity index (χ1) is 14.6. The number of nitrogens with zero attached hydrogens (tertiary/aromatic N) is 3. The predicted octanol–water partition coefficient (Wildman–Crippen LogP) is 2.28. The minimum absolute atomic E-state index is 0.0289. The third-order valence-electron chi connectivity index (χ3n) is 5.37. The molecule has 0 spiro atoms. The summed E-state index contributed by atoms with van der Waals surface area (Å²) in [5.41, 5.74) is 1.83. The molecular weight excluding hydrogens is 402 g/mol. The minimum atomic E-state index is -0.185. The number of piperidine rings is 1. The van der Waals surface area contributed by atoms with E-state index in [1.54, 1.807) is 4.90 Å². The van der Waals surface area contributed by atoms with Gasteiger partial charge in [-0.1, -0.05) is 0 Å². The number of carbonyl (C=O) groups excluding carboxylic acids is 2. The number of hydrogen-bond donors (Lipinski definition) is 2. The number of nitrogens with one attached hydrogen (secondary N) is 2. The van der Waals surface area contributed by atoms with Crippen molar-refractivity contribution in [1.82, 2.24) is 20.2 Å². The smallest absolute Gasteiger partial charge is 0.248 e. The van der Waals surface area contributed by atoms with E-state index in [1.807, 2.05) is 23.7 Å². The van der Waals surface area contributed by atoms with Crippen molar-refractivity contribution < 1.29 is 14.3 Å². The summed E-state index contributed by atoms with van der Waals surface area (Å²) in [6, 6.07) is 4.57. The molecule has 2 aromatic heterocycles. The molecular formula is C21H27N5O3S. The first-order valence-electron chi connectivity index (χ1n) is 10.3. The van der Waals surface area contributed by atoms with Crippen LogP contribution in [0.5, 0.6) is 0 Å². The number of anilines is 1. The van der Waals surface area contributed by atoms with E-state index < -0.39 is 0 Å². The molecule has 0 bridgehead atoms. The summed E-state index contributed by atoms with van der Waals surface area (Å²) in [7, 11) is 1.50. The van der Waals surface area contributed by atoms with E-state index in [0.29, 0.717) is 25.7 Å². The standard InChI is InChI=1S/C21H27N5O3S/c1-29-12-20(27)26-8-2-3-15(11-26)21(28)23-10-19-25-17(13-30-19)14-4-7-18(22-9-14)24-16-5-6-16/h4,7,9,13,15-16H,2-3,5-6,8,10-12H2,1H3,(H,22,24)(H,23,28)/t15-/m0/s1. The molecule has 1 atom stereocenters. The van der Waals surface area contributed by atoms with Crippen LogP contribution in [-0.4, -0.2) is 59.5 Å². The molecule has 160 valence electrons. The number of hydrogen-bond acceptors (Lipinski definition) is 7. The van der Waals surface area contributed by atoms with Crippen LogP contribution in [-0.2, 0) is 20.9 Å². The zero-order chi connectivity index (χ0) is 20.9. The van der Waals surface area contributed by atoms with E-state index in [4.69, 9.17) is 4.74 Å². The fourth-order valence-electron chi connectivity index (χ4n) is 3.53. The van der Waals surface area contributed by atoms with E-state index in [0.717, 1.165) is 34.9 Å². The van der Waals surface area contributed by atoms with Gasteiger partial charge in [-0.05, 0) is 37.8 Å². The van der Waals surface area contributed by atoms with Crippen LogP contribution in [0.15, 0.2) is 23.7 Å². The zero-order valence-corrected chi connectivity index (χ0v) is 17.9. The number of rotatable bonds is 8. The highest BCUT2D eigenvalue weighted by Crippen LogP contribution is 2.26. The van der Waals surface area contributed by atoms with Gasteiger partial charge in [0.15, 0.2) is 0 Å². The highest BCUT2D eigenvalue weighted by atomic mass is 32.1. The molecule has 2 N–H and O–H groups in total. The summed E-state index contributed by atoms with van der Waals surface area (Å²) >= 11 is 1.52. The van der Waals surface area contributed by atoms with Gasteiger partial charge in [-0.25, -0.2) is 9.97 Å². The number of methoxy groups -OCH3 is 1. The van der Waals surface area contributed by atoms with E-state index in [-0.39, 0.29) is 24.3 Å². The molecule has 1 saturated heterocycles. The van der Waals surface area contributed by atoms with Gasteiger partial charge in [0, 0.05) is 43.4 Å². The van der Waals surface area contributed by atoms with Gasteiger partial charge in [-0.2, -0.15) is 0 Å².